The van der Waals surface area contributed by atoms with Gasteiger partial charge in [0.1, 0.15) is 0 Å². The third-order valence-corrected chi connectivity index (χ3v) is 5.61. The number of carboxylic acid groups (broad SMARTS) is 1. The molecule has 0 aliphatic heterocycles. The number of imidazole rings is 1. The van der Waals surface area contributed by atoms with E-state index >= 15 is 0 Å². The van der Waals surface area contributed by atoms with Crippen LogP contribution in [-0.4, -0.2) is 20.2 Å². The molecule has 0 radical (unpaired) electrons. The van der Waals surface area contributed by atoms with Gasteiger partial charge in [-0.25, -0.2) is 9.59 Å². The molecule has 30 heavy (non-hydrogen) atoms. The second-order valence-electron chi connectivity index (χ2n) is 8.82. The van der Waals surface area contributed by atoms with E-state index in [4.69, 9.17) is 0 Å². The molecule has 3 rings (SSSR count). The van der Waals surface area contributed by atoms with E-state index in [9.17, 15) is 14.7 Å². The quantitative estimate of drug-likeness (QED) is 0.602. The number of aromatic nitrogens is 2. The van der Waals surface area contributed by atoms with Crippen molar-refractivity contribution >= 4 is 5.97 Å². The van der Waals surface area contributed by atoms with E-state index < -0.39 is 5.97 Å². The van der Waals surface area contributed by atoms with Crippen LogP contribution in [0.1, 0.15) is 68.6 Å². The molecular weight excluding hydrogens is 376 g/mol. The van der Waals surface area contributed by atoms with Crippen molar-refractivity contribution in [3.05, 3.63) is 82.0 Å². The molecule has 5 nitrogen and oxygen atoms in total. The second-order valence-corrected chi connectivity index (χ2v) is 8.82. The predicted molar refractivity (Wildman–Crippen MR) is 120 cm³/mol. The minimum absolute atomic E-state index is 0.00176. The smallest absolute Gasteiger partial charge is 0.336 e. The average Bonchev–Trinajstić information content (AvgIpc) is 3.04. The first-order valence-corrected chi connectivity index (χ1v) is 10.4. The van der Waals surface area contributed by atoms with Crippen molar-refractivity contribution in [1.82, 2.24) is 9.13 Å². The maximum atomic E-state index is 13.1. The molecular formula is C25H30N2O3. The molecule has 3 aromatic rings. The van der Waals surface area contributed by atoms with Crippen LogP contribution < -0.4 is 5.69 Å². The standard InChI is InChI=1S/C25H30N2O3/c1-6-17(2)22-16-27(25(3,4)5)24(30)26(22)15-18-11-13-19(14-12-18)20-9-7-8-10-21(20)23(28)29/h7-14,16-17H,6,15H2,1-5H3,(H,28,29). The summed E-state index contributed by atoms with van der Waals surface area (Å²) in [6, 6.07) is 14.8. The lowest BCUT2D eigenvalue weighted by atomic mass is 9.98. The largest absolute Gasteiger partial charge is 0.478 e. The SMILES string of the molecule is CCC(C)c1cn(C(C)(C)C)c(=O)n1Cc1ccc(-c2ccccc2C(=O)O)cc1. The number of benzene rings is 2. The van der Waals surface area contributed by atoms with Crippen molar-refractivity contribution in [3.8, 4) is 11.1 Å². The van der Waals surface area contributed by atoms with Gasteiger partial charge in [0.25, 0.3) is 0 Å². The van der Waals surface area contributed by atoms with Gasteiger partial charge in [-0.1, -0.05) is 56.3 Å². The summed E-state index contributed by atoms with van der Waals surface area (Å²) in [5.41, 5.74) is 3.57. The van der Waals surface area contributed by atoms with Crippen molar-refractivity contribution in [3.63, 3.8) is 0 Å². The van der Waals surface area contributed by atoms with Gasteiger partial charge >= 0.3 is 11.7 Å². The summed E-state index contributed by atoms with van der Waals surface area (Å²) in [7, 11) is 0. The van der Waals surface area contributed by atoms with Crippen LogP contribution in [0.5, 0.6) is 0 Å². The summed E-state index contributed by atoms with van der Waals surface area (Å²) in [5, 5.41) is 9.44. The summed E-state index contributed by atoms with van der Waals surface area (Å²) in [4.78, 5) is 24.6. The average molecular weight is 407 g/mol. The number of hydrogen-bond acceptors (Lipinski definition) is 2. The van der Waals surface area contributed by atoms with Crippen molar-refractivity contribution in [2.45, 2.75) is 59.0 Å². The lowest BCUT2D eigenvalue weighted by Crippen LogP contribution is -2.34. The molecule has 1 aromatic heterocycles. The fourth-order valence-corrected chi connectivity index (χ4v) is 3.63. The number of rotatable bonds is 6. The first-order valence-electron chi connectivity index (χ1n) is 10.4. The predicted octanol–water partition coefficient (Wildman–Crippen LogP) is 5.33. The van der Waals surface area contributed by atoms with E-state index in [1.54, 1.807) is 12.1 Å². The Hall–Kier alpha value is -3.08. The summed E-state index contributed by atoms with van der Waals surface area (Å²) < 4.78 is 3.67. The highest BCUT2D eigenvalue weighted by Crippen LogP contribution is 2.25. The number of carbonyl (C=O) groups is 1. The Morgan fingerprint density at radius 3 is 2.27 bits per heavy atom. The van der Waals surface area contributed by atoms with E-state index in [0.29, 0.717) is 12.1 Å². The lowest BCUT2D eigenvalue weighted by Gasteiger charge is -2.19. The number of hydrogen-bond donors (Lipinski definition) is 1. The molecule has 1 unspecified atom stereocenters. The van der Waals surface area contributed by atoms with Gasteiger partial charge in [0, 0.05) is 17.4 Å². The van der Waals surface area contributed by atoms with Crippen LogP contribution in [0.2, 0.25) is 0 Å². The Bertz CT molecular complexity index is 1100. The highest BCUT2D eigenvalue weighted by Gasteiger charge is 2.22. The molecule has 2 aromatic carbocycles. The molecule has 0 fully saturated rings. The van der Waals surface area contributed by atoms with Crippen molar-refractivity contribution in [1.29, 1.82) is 0 Å². The highest BCUT2D eigenvalue weighted by atomic mass is 16.4. The lowest BCUT2D eigenvalue weighted by molar-refractivity contribution is 0.0697. The molecule has 1 atom stereocenters. The minimum atomic E-state index is -0.942. The van der Waals surface area contributed by atoms with Crippen molar-refractivity contribution in [2.24, 2.45) is 0 Å². The molecule has 5 heteroatoms. The molecule has 0 amide bonds. The maximum Gasteiger partial charge on any atom is 0.336 e. The van der Waals surface area contributed by atoms with Gasteiger partial charge in [-0.3, -0.25) is 9.13 Å². The molecule has 1 N–H and O–H groups in total. The van der Waals surface area contributed by atoms with E-state index in [1.165, 1.54) is 0 Å². The van der Waals surface area contributed by atoms with E-state index in [2.05, 4.69) is 13.8 Å². The summed E-state index contributed by atoms with van der Waals surface area (Å²) >= 11 is 0. The van der Waals surface area contributed by atoms with Crippen LogP contribution >= 0.6 is 0 Å². The number of aromatic carboxylic acids is 1. The summed E-state index contributed by atoms with van der Waals surface area (Å²) in [5.74, 6) is -0.661. The third kappa shape index (κ3) is 4.25. The van der Waals surface area contributed by atoms with Gasteiger partial charge in [-0.2, -0.15) is 0 Å². The number of nitrogens with zero attached hydrogens (tertiary/aromatic N) is 2. The second kappa shape index (κ2) is 8.34. The van der Waals surface area contributed by atoms with E-state index in [1.807, 2.05) is 72.5 Å². The highest BCUT2D eigenvalue weighted by molar-refractivity contribution is 5.95. The van der Waals surface area contributed by atoms with Gasteiger partial charge < -0.3 is 5.11 Å². The fourth-order valence-electron chi connectivity index (χ4n) is 3.63. The van der Waals surface area contributed by atoms with Crippen LogP contribution in [0.15, 0.2) is 59.5 Å². The van der Waals surface area contributed by atoms with E-state index in [-0.39, 0.29) is 22.7 Å². The van der Waals surface area contributed by atoms with Crippen LogP contribution in [0.4, 0.5) is 0 Å². The topological polar surface area (TPSA) is 64.2 Å². The molecule has 1 heterocycles. The first kappa shape index (κ1) is 21.6. The van der Waals surface area contributed by atoms with Crippen molar-refractivity contribution < 1.29 is 9.90 Å². The van der Waals surface area contributed by atoms with Crippen LogP contribution in [0, 0.1) is 0 Å². The molecule has 0 spiro atoms. The zero-order valence-electron chi connectivity index (χ0n) is 18.3. The zero-order valence-corrected chi connectivity index (χ0v) is 18.3. The summed E-state index contributed by atoms with van der Waals surface area (Å²) in [6.07, 6.45) is 2.95. The number of carboxylic acids is 1. The molecule has 0 aliphatic rings. The van der Waals surface area contributed by atoms with Gasteiger partial charge in [0.2, 0.25) is 0 Å². The first-order chi connectivity index (χ1) is 14.1. The zero-order chi connectivity index (χ0) is 22.1. The van der Waals surface area contributed by atoms with Crippen molar-refractivity contribution in [2.75, 3.05) is 0 Å². The molecule has 0 saturated carbocycles. The third-order valence-electron chi connectivity index (χ3n) is 5.61. The van der Waals surface area contributed by atoms with Crippen LogP contribution in [0.25, 0.3) is 11.1 Å². The van der Waals surface area contributed by atoms with Gasteiger partial charge in [-0.15, -0.1) is 0 Å². The Labute approximate surface area is 177 Å². The normalized spacial score (nSPS) is 12.7. The molecule has 0 saturated heterocycles. The van der Waals surface area contributed by atoms with E-state index in [0.717, 1.165) is 23.2 Å². The molecule has 158 valence electrons. The van der Waals surface area contributed by atoms with Gasteiger partial charge in [-0.05, 0) is 55.9 Å². The Kier molecular flexibility index (Phi) is 6.01. The van der Waals surface area contributed by atoms with Crippen LogP contribution in [-0.2, 0) is 12.1 Å². The maximum absolute atomic E-state index is 13.1. The monoisotopic (exact) mass is 406 g/mol. The summed E-state index contributed by atoms with van der Waals surface area (Å²) in [6.45, 7) is 10.9. The van der Waals surface area contributed by atoms with Gasteiger partial charge in [0.15, 0.2) is 0 Å². The van der Waals surface area contributed by atoms with Gasteiger partial charge in [0.05, 0.1) is 12.1 Å². The molecule has 0 bridgehead atoms. The Balaban J connectivity index is 1.98. The fraction of sp³-hybridized carbons (Fsp3) is 0.360. The minimum Gasteiger partial charge on any atom is -0.478 e. The van der Waals surface area contributed by atoms with Crippen LogP contribution in [0.3, 0.4) is 0 Å². The molecule has 0 aliphatic carbocycles. The Morgan fingerprint density at radius 1 is 1.07 bits per heavy atom. The Morgan fingerprint density at radius 2 is 1.70 bits per heavy atom.